The summed E-state index contributed by atoms with van der Waals surface area (Å²) in [6, 6.07) is 0. The molecule has 0 bridgehead atoms. The molecule has 0 amide bonds. The molecule has 14 heavy (non-hydrogen) atoms. The zero-order chi connectivity index (χ0) is 10.2. The molecule has 3 nitrogen and oxygen atoms in total. The standard InChI is InChI=1S/C11H20N2O/c1-9(2)10-7-11(14-12-10)5-4-6-13(3)8-11/h9H,4-8H2,1-3H3. The molecule has 0 aliphatic carbocycles. The van der Waals surface area contributed by atoms with E-state index in [9.17, 15) is 0 Å². The van der Waals surface area contributed by atoms with Crippen LogP contribution in [0.25, 0.3) is 0 Å². The molecule has 80 valence electrons. The highest BCUT2D eigenvalue weighted by Gasteiger charge is 2.42. The third-order valence-electron chi connectivity index (χ3n) is 3.26. The largest absolute Gasteiger partial charge is 0.387 e. The second-order valence-electron chi connectivity index (χ2n) is 5.03. The van der Waals surface area contributed by atoms with Crippen molar-refractivity contribution in [2.75, 3.05) is 20.1 Å². The average Bonchev–Trinajstić information content (AvgIpc) is 2.49. The van der Waals surface area contributed by atoms with Crippen LogP contribution in [-0.4, -0.2) is 36.3 Å². The normalized spacial score (nSPS) is 33.6. The van der Waals surface area contributed by atoms with E-state index in [1.807, 2.05) is 0 Å². The van der Waals surface area contributed by atoms with Crippen molar-refractivity contribution in [2.24, 2.45) is 11.1 Å². The van der Waals surface area contributed by atoms with E-state index < -0.39 is 0 Å². The zero-order valence-electron chi connectivity index (χ0n) is 9.42. The van der Waals surface area contributed by atoms with Gasteiger partial charge in [0, 0.05) is 13.0 Å². The maximum absolute atomic E-state index is 5.67. The number of rotatable bonds is 1. The van der Waals surface area contributed by atoms with Gasteiger partial charge in [-0.25, -0.2) is 0 Å². The highest BCUT2D eigenvalue weighted by atomic mass is 16.7. The summed E-state index contributed by atoms with van der Waals surface area (Å²) in [6.45, 7) is 6.61. The summed E-state index contributed by atoms with van der Waals surface area (Å²) < 4.78 is 0. The lowest BCUT2D eigenvalue weighted by Gasteiger charge is -2.36. The summed E-state index contributed by atoms with van der Waals surface area (Å²) in [5.74, 6) is 0.529. The molecular weight excluding hydrogens is 176 g/mol. The van der Waals surface area contributed by atoms with Gasteiger partial charge in [0.25, 0.3) is 0 Å². The molecular formula is C11H20N2O. The molecule has 1 atom stereocenters. The van der Waals surface area contributed by atoms with Crippen LogP contribution in [0.2, 0.25) is 0 Å². The van der Waals surface area contributed by atoms with E-state index in [1.165, 1.54) is 18.7 Å². The minimum Gasteiger partial charge on any atom is -0.387 e. The number of nitrogens with zero attached hydrogens (tertiary/aromatic N) is 2. The Morgan fingerprint density at radius 3 is 2.86 bits per heavy atom. The molecule has 0 aromatic heterocycles. The quantitative estimate of drug-likeness (QED) is 0.639. The Morgan fingerprint density at radius 2 is 2.29 bits per heavy atom. The Bertz CT molecular complexity index is 250. The number of hydrogen-bond donors (Lipinski definition) is 0. The van der Waals surface area contributed by atoms with Gasteiger partial charge in [0.05, 0.1) is 5.71 Å². The second kappa shape index (κ2) is 3.54. The lowest BCUT2D eigenvalue weighted by Crippen LogP contribution is -2.46. The van der Waals surface area contributed by atoms with Gasteiger partial charge >= 0.3 is 0 Å². The van der Waals surface area contributed by atoms with Gasteiger partial charge < -0.3 is 9.74 Å². The van der Waals surface area contributed by atoms with E-state index in [0.29, 0.717) is 5.92 Å². The minimum absolute atomic E-state index is 0.0204. The molecule has 0 aromatic carbocycles. The van der Waals surface area contributed by atoms with Crippen molar-refractivity contribution in [3.63, 3.8) is 0 Å². The van der Waals surface area contributed by atoms with E-state index >= 15 is 0 Å². The van der Waals surface area contributed by atoms with Crippen LogP contribution in [0.15, 0.2) is 5.16 Å². The minimum atomic E-state index is 0.0204. The van der Waals surface area contributed by atoms with Crippen molar-refractivity contribution < 1.29 is 4.84 Å². The molecule has 1 saturated heterocycles. The van der Waals surface area contributed by atoms with Crippen LogP contribution in [-0.2, 0) is 4.84 Å². The SMILES string of the molecule is CC(C)C1=NOC2(CCCN(C)C2)C1. The van der Waals surface area contributed by atoms with Crippen LogP contribution in [0.1, 0.15) is 33.1 Å². The Hall–Kier alpha value is -0.570. The van der Waals surface area contributed by atoms with E-state index in [-0.39, 0.29) is 5.60 Å². The first-order chi connectivity index (χ1) is 6.61. The number of piperidine rings is 1. The van der Waals surface area contributed by atoms with E-state index in [1.54, 1.807) is 0 Å². The monoisotopic (exact) mass is 196 g/mol. The maximum Gasteiger partial charge on any atom is 0.155 e. The van der Waals surface area contributed by atoms with Crippen molar-refractivity contribution in [1.82, 2.24) is 4.90 Å². The Kier molecular flexibility index (Phi) is 2.52. The predicted molar refractivity (Wildman–Crippen MR) is 57.4 cm³/mol. The smallest absolute Gasteiger partial charge is 0.155 e. The Balaban J connectivity index is 2.01. The molecule has 3 heteroatoms. The van der Waals surface area contributed by atoms with Crippen molar-refractivity contribution in [2.45, 2.75) is 38.7 Å². The molecule has 1 fully saturated rings. The van der Waals surface area contributed by atoms with Gasteiger partial charge in [-0.15, -0.1) is 0 Å². The third-order valence-corrected chi connectivity index (χ3v) is 3.26. The number of hydrogen-bond acceptors (Lipinski definition) is 3. The van der Waals surface area contributed by atoms with Gasteiger partial charge in [-0.05, 0) is 32.4 Å². The highest BCUT2D eigenvalue weighted by Crippen LogP contribution is 2.34. The van der Waals surface area contributed by atoms with Gasteiger partial charge in [-0.1, -0.05) is 19.0 Å². The first kappa shape index (κ1) is 9.97. The van der Waals surface area contributed by atoms with Gasteiger partial charge in [-0.2, -0.15) is 0 Å². The maximum atomic E-state index is 5.67. The highest BCUT2D eigenvalue weighted by molar-refractivity contribution is 5.87. The van der Waals surface area contributed by atoms with Gasteiger partial charge in [0.1, 0.15) is 0 Å². The van der Waals surface area contributed by atoms with Crippen molar-refractivity contribution in [3.8, 4) is 0 Å². The summed E-state index contributed by atoms with van der Waals surface area (Å²) in [7, 11) is 2.16. The third kappa shape index (κ3) is 1.78. The molecule has 1 unspecified atom stereocenters. The molecule has 1 spiro atoms. The first-order valence-electron chi connectivity index (χ1n) is 5.55. The van der Waals surface area contributed by atoms with Crippen molar-refractivity contribution >= 4 is 5.71 Å². The van der Waals surface area contributed by atoms with Gasteiger partial charge in [0.15, 0.2) is 5.60 Å². The molecule has 2 aliphatic rings. The topological polar surface area (TPSA) is 24.8 Å². The average molecular weight is 196 g/mol. The summed E-state index contributed by atoms with van der Waals surface area (Å²) in [4.78, 5) is 8.02. The lowest BCUT2D eigenvalue weighted by molar-refractivity contribution is -0.0631. The molecule has 2 aliphatic heterocycles. The van der Waals surface area contributed by atoms with E-state index in [2.05, 4.69) is 31.0 Å². The fourth-order valence-electron chi connectivity index (χ4n) is 2.40. The van der Waals surface area contributed by atoms with Crippen LogP contribution < -0.4 is 0 Å². The summed E-state index contributed by atoms with van der Waals surface area (Å²) in [5, 5.41) is 4.24. The van der Waals surface area contributed by atoms with Crippen molar-refractivity contribution in [1.29, 1.82) is 0 Å². The number of likely N-dealkylation sites (N-methyl/N-ethyl adjacent to an activating group) is 1. The summed E-state index contributed by atoms with van der Waals surface area (Å²) in [5.41, 5.74) is 1.26. The summed E-state index contributed by atoms with van der Waals surface area (Å²) >= 11 is 0. The molecule has 0 aromatic rings. The van der Waals surface area contributed by atoms with Gasteiger partial charge in [-0.3, -0.25) is 0 Å². The second-order valence-corrected chi connectivity index (χ2v) is 5.03. The van der Waals surface area contributed by atoms with Crippen LogP contribution in [0.5, 0.6) is 0 Å². The lowest BCUT2D eigenvalue weighted by atomic mass is 9.86. The fourth-order valence-corrected chi connectivity index (χ4v) is 2.40. The van der Waals surface area contributed by atoms with Gasteiger partial charge in [0.2, 0.25) is 0 Å². The molecule has 2 heterocycles. The summed E-state index contributed by atoms with van der Waals surface area (Å²) in [6.07, 6.45) is 3.43. The molecule has 0 N–H and O–H groups in total. The number of likely N-dealkylation sites (tertiary alicyclic amines) is 1. The Morgan fingerprint density at radius 1 is 1.50 bits per heavy atom. The number of oxime groups is 1. The van der Waals surface area contributed by atoms with Crippen LogP contribution in [0.4, 0.5) is 0 Å². The van der Waals surface area contributed by atoms with Crippen LogP contribution in [0, 0.1) is 5.92 Å². The first-order valence-corrected chi connectivity index (χ1v) is 5.55. The van der Waals surface area contributed by atoms with E-state index in [0.717, 1.165) is 19.4 Å². The predicted octanol–water partition coefficient (Wildman–Crippen LogP) is 1.88. The Labute approximate surface area is 86.1 Å². The van der Waals surface area contributed by atoms with Crippen LogP contribution in [0.3, 0.4) is 0 Å². The zero-order valence-corrected chi connectivity index (χ0v) is 9.42. The van der Waals surface area contributed by atoms with E-state index in [4.69, 9.17) is 4.84 Å². The van der Waals surface area contributed by atoms with Crippen molar-refractivity contribution in [3.05, 3.63) is 0 Å². The molecule has 2 rings (SSSR count). The van der Waals surface area contributed by atoms with Crippen LogP contribution >= 0.6 is 0 Å². The molecule has 0 radical (unpaired) electrons. The fraction of sp³-hybridized carbons (Fsp3) is 0.909. The molecule has 0 saturated carbocycles.